The quantitative estimate of drug-likeness (QED) is 0.597. The lowest BCUT2D eigenvalue weighted by molar-refractivity contribution is 0.106. The maximum Gasteiger partial charge on any atom is 0.118 e. The van der Waals surface area contributed by atoms with Crippen molar-refractivity contribution in [3.63, 3.8) is 0 Å². The number of benzene rings is 2. The lowest BCUT2D eigenvalue weighted by Gasteiger charge is -2.34. The van der Waals surface area contributed by atoms with Crippen LogP contribution in [0.1, 0.15) is 75.3 Å². The molecule has 0 aliphatic carbocycles. The fourth-order valence-electron chi connectivity index (χ4n) is 3.83. The average molecular weight is 381 g/mol. The minimum atomic E-state index is -0.475. The Morgan fingerprint density at radius 3 is 1.89 bits per heavy atom. The van der Waals surface area contributed by atoms with Crippen molar-refractivity contribution < 1.29 is 10.2 Å². The van der Waals surface area contributed by atoms with Crippen LogP contribution in [0, 0.1) is 19.3 Å². The molecule has 0 saturated heterocycles. The van der Waals surface area contributed by atoms with Crippen molar-refractivity contribution in [2.24, 2.45) is 5.41 Å². The second kappa shape index (κ2) is 8.53. The van der Waals surface area contributed by atoms with Crippen LogP contribution in [0.5, 0.6) is 5.75 Å². The van der Waals surface area contributed by atoms with Crippen molar-refractivity contribution in [2.45, 2.75) is 72.8 Å². The van der Waals surface area contributed by atoms with Crippen molar-refractivity contribution in [1.82, 2.24) is 0 Å². The molecule has 0 aromatic heterocycles. The highest BCUT2D eigenvalue weighted by Gasteiger charge is 2.31. The summed E-state index contributed by atoms with van der Waals surface area (Å²) in [5.74, 6) is 0.346. The third-order valence-electron chi connectivity index (χ3n) is 6.12. The largest absolute Gasteiger partial charge is 0.508 e. The number of phenols is 1. The maximum absolute atomic E-state index is 10.3. The van der Waals surface area contributed by atoms with Crippen LogP contribution < -0.4 is 0 Å². The summed E-state index contributed by atoms with van der Waals surface area (Å²) in [6.07, 6.45) is 5.42. The molecule has 0 saturated carbocycles. The predicted octanol–water partition coefficient (Wildman–Crippen LogP) is 6.54. The number of hydrogen-bond acceptors (Lipinski definition) is 2. The minimum absolute atomic E-state index is 0.0730. The van der Waals surface area contributed by atoms with Gasteiger partial charge in [-0.3, -0.25) is 0 Å². The van der Waals surface area contributed by atoms with Crippen molar-refractivity contribution in [2.75, 3.05) is 0 Å². The van der Waals surface area contributed by atoms with Gasteiger partial charge in [0.05, 0.1) is 6.10 Å². The third-order valence-corrected chi connectivity index (χ3v) is 6.12. The fourth-order valence-corrected chi connectivity index (χ4v) is 3.83. The molecule has 2 heteroatoms. The van der Waals surface area contributed by atoms with E-state index in [1.54, 1.807) is 0 Å². The Labute approximate surface area is 170 Å². The molecule has 0 bridgehead atoms. The number of aliphatic hydroxyl groups excluding tert-OH is 1. The van der Waals surface area contributed by atoms with Crippen LogP contribution in [0.4, 0.5) is 0 Å². The first-order valence-electron chi connectivity index (χ1n) is 10.3. The monoisotopic (exact) mass is 380 g/mol. The van der Waals surface area contributed by atoms with E-state index >= 15 is 0 Å². The minimum Gasteiger partial charge on any atom is -0.508 e. The third kappa shape index (κ3) is 4.50. The Kier molecular flexibility index (Phi) is 6.77. The van der Waals surface area contributed by atoms with Gasteiger partial charge >= 0.3 is 0 Å². The van der Waals surface area contributed by atoms with E-state index in [9.17, 15) is 10.2 Å². The molecule has 1 atom stereocenters. The van der Waals surface area contributed by atoms with Gasteiger partial charge in [-0.25, -0.2) is 0 Å². The summed E-state index contributed by atoms with van der Waals surface area (Å²) >= 11 is 0. The highest BCUT2D eigenvalue weighted by Crippen LogP contribution is 2.40. The van der Waals surface area contributed by atoms with Crippen LogP contribution in [0.3, 0.4) is 0 Å². The van der Waals surface area contributed by atoms with Gasteiger partial charge < -0.3 is 10.2 Å². The van der Waals surface area contributed by atoms with Crippen molar-refractivity contribution >= 4 is 6.08 Å². The molecule has 0 aliphatic rings. The number of aryl methyl sites for hydroxylation is 2. The van der Waals surface area contributed by atoms with Crippen LogP contribution >= 0.6 is 0 Å². The highest BCUT2D eigenvalue weighted by atomic mass is 16.3. The van der Waals surface area contributed by atoms with Crippen LogP contribution in [-0.4, -0.2) is 16.3 Å². The second-order valence-corrected chi connectivity index (χ2v) is 9.03. The number of hydrogen-bond donors (Lipinski definition) is 2. The van der Waals surface area contributed by atoms with E-state index in [2.05, 4.69) is 51.1 Å². The molecule has 2 aromatic rings. The molecule has 1 unspecified atom stereocenters. The molecule has 0 fully saturated rings. The van der Waals surface area contributed by atoms with E-state index < -0.39 is 6.10 Å². The Hall–Kier alpha value is -2.06. The molecule has 2 aromatic carbocycles. The molecule has 28 heavy (non-hydrogen) atoms. The lowest BCUT2D eigenvalue weighted by Crippen LogP contribution is -2.26. The maximum atomic E-state index is 10.3. The number of aliphatic hydroxyl groups is 1. The molecule has 0 radical (unpaired) electrons. The van der Waals surface area contributed by atoms with Gasteiger partial charge in [0, 0.05) is 5.41 Å². The highest BCUT2D eigenvalue weighted by molar-refractivity contribution is 5.56. The Morgan fingerprint density at radius 2 is 1.43 bits per heavy atom. The zero-order valence-electron chi connectivity index (χ0n) is 18.5. The smallest absolute Gasteiger partial charge is 0.118 e. The Morgan fingerprint density at radius 1 is 0.893 bits per heavy atom. The molecule has 0 aliphatic heterocycles. The molecule has 0 heterocycles. The van der Waals surface area contributed by atoms with Gasteiger partial charge in [0.15, 0.2) is 0 Å². The molecule has 2 N–H and O–H groups in total. The topological polar surface area (TPSA) is 40.5 Å². The standard InChI is InChI=1S/C26H36O2/c1-8-26(9-2,22-13-14-23(27)19(4)17-22)21-12-10-20(18(3)16-21)11-15-24(28)25(5,6)7/h10-17,24,27-28H,8-9H2,1-7H3/b15-11+. The molecular weight excluding hydrogens is 344 g/mol. The van der Waals surface area contributed by atoms with Gasteiger partial charge in [-0.1, -0.05) is 77.1 Å². The van der Waals surface area contributed by atoms with E-state index in [1.165, 1.54) is 16.7 Å². The average Bonchev–Trinajstić information content (AvgIpc) is 2.64. The Balaban J connectivity index is 2.45. The van der Waals surface area contributed by atoms with E-state index in [1.807, 2.05) is 45.9 Å². The van der Waals surface area contributed by atoms with E-state index in [0.717, 1.165) is 24.0 Å². The molecule has 2 rings (SSSR count). The van der Waals surface area contributed by atoms with Gasteiger partial charge in [-0.2, -0.15) is 0 Å². The first-order valence-corrected chi connectivity index (χ1v) is 10.3. The number of aromatic hydroxyl groups is 1. The molecule has 0 amide bonds. The summed E-state index contributed by atoms with van der Waals surface area (Å²) in [5, 5.41) is 20.2. The van der Waals surface area contributed by atoms with E-state index in [-0.39, 0.29) is 10.8 Å². The van der Waals surface area contributed by atoms with Gasteiger partial charge in [-0.05, 0) is 66.0 Å². The van der Waals surface area contributed by atoms with Crippen LogP contribution in [0.2, 0.25) is 0 Å². The molecule has 2 nitrogen and oxygen atoms in total. The van der Waals surface area contributed by atoms with Crippen LogP contribution in [-0.2, 0) is 5.41 Å². The molecular formula is C26H36O2. The molecule has 152 valence electrons. The molecule has 0 spiro atoms. The van der Waals surface area contributed by atoms with Crippen molar-refractivity contribution in [3.8, 4) is 5.75 Å². The van der Waals surface area contributed by atoms with Gasteiger partial charge in [0.2, 0.25) is 0 Å². The predicted molar refractivity (Wildman–Crippen MR) is 120 cm³/mol. The summed E-state index contributed by atoms with van der Waals surface area (Å²) in [6.45, 7) is 14.7. The van der Waals surface area contributed by atoms with E-state index in [4.69, 9.17) is 0 Å². The zero-order chi connectivity index (χ0) is 21.1. The summed E-state index contributed by atoms with van der Waals surface area (Å²) in [6, 6.07) is 12.6. The zero-order valence-corrected chi connectivity index (χ0v) is 18.5. The summed E-state index contributed by atoms with van der Waals surface area (Å²) in [7, 11) is 0. The van der Waals surface area contributed by atoms with Crippen LogP contribution in [0.25, 0.3) is 6.08 Å². The first-order chi connectivity index (χ1) is 13.0. The van der Waals surface area contributed by atoms with Crippen molar-refractivity contribution in [1.29, 1.82) is 0 Å². The van der Waals surface area contributed by atoms with Crippen LogP contribution in [0.15, 0.2) is 42.5 Å². The van der Waals surface area contributed by atoms with Gasteiger partial charge in [0.1, 0.15) is 5.75 Å². The van der Waals surface area contributed by atoms with Gasteiger partial charge in [0.25, 0.3) is 0 Å². The first kappa shape index (κ1) is 22.2. The van der Waals surface area contributed by atoms with Crippen molar-refractivity contribution in [3.05, 3.63) is 70.3 Å². The van der Waals surface area contributed by atoms with E-state index in [0.29, 0.717) is 5.75 Å². The summed E-state index contributed by atoms with van der Waals surface area (Å²) in [5.41, 5.74) is 5.56. The SMILES string of the molecule is CCC(CC)(c1ccc(O)c(C)c1)c1ccc(/C=C/C(O)C(C)(C)C)c(C)c1. The summed E-state index contributed by atoms with van der Waals surface area (Å²) in [4.78, 5) is 0. The number of rotatable bonds is 6. The summed E-state index contributed by atoms with van der Waals surface area (Å²) < 4.78 is 0. The van der Waals surface area contributed by atoms with Gasteiger partial charge in [-0.15, -0.1) is 0 Å². The normalized spacial score (nSPS) is 13.9. The Bertz CT molecular complexity index is 836. The number of phenolic OH excluding ortho intramolecular Hbond substituents is 1. The second-order valence-electron chi connectivity index (χ2n) is 9.03. The fraction of sp³-hybridized carbons (Fsp3) is 0.462. The lowest BCUT2D eigenvalue weighted by atomic mass is 9.70.